The highest BCUT2D eigenvalue weighted by Crippen LogP contribution is 2.28. The van der Waals surface area contributed by atoms with Gasteiger partial charge in [0, 0.05) is 25.6 Å². The van der Waals surface area contributed by atoms with Crippen molar-refractivity contribution >= 4 is 17.4 Å². The predicted molar refractivity (Wildman–Crippen MR) is 62.7 cm³/mol. The van der Waals surface area contributed by atoms with Gasteiger partial charge in [0.15, 0.2) is 0 Å². The molecule has 1 aromatic carbocycles. The van der Waals surface area contributed by atoms with Gasteiger partial charge in [-0.2, -0.15) is 0 Å². The van der Waals surface area contributed by atoms with Crippen LogP contribution in [0.15, 0.2) is 36.4 Å². The van der Waals surface area contributed by atoms with Gasteiger partial charge in [-0.3, -0.25) is 9.59 Å². The van der Waals surface area contributed by atoms with Crippen molar-refractivity contribution < 1.29 is 14.3 Å². The molecule has 1 atom stereocenters. The van der Waals surface area contributed by atoms with Crippen LogP contribution in [0.4, 0.5) is 0 Å². The molecule has 2 rings (SSSR count). The number of ether oxygens (including phenoxy) is 1. The van der Waals surface area contributed by atoms with Gasteiger partial charge in [-0.1, -0.05) is 30.3 Å². The molecule has 0 saturated carbocycles. The van der Waals surface area contributed by atoms with Crippen molar-refractivity contribution in [3.63, 3.8) is 0 Å². The molecule has 0 fully saturated rings. The third kappa shape index (κ3) is 2.20. The van der Waals surface area contributed by atoms with E-state index in [-0.39, 0.29) is 5.91 Å². The molecule has 1 heterocycles. The minimum absolute atomic E-state index is 0.157. The summed E-state index contributed by atoms with van der Waals surface area (Å²) < 4.78 is 5.16. The van der Waals surface area contributed by atoms with E-state index in [2.05, 4.69) is 0 Å². The second kappa shape index (κ2) is 4.41. The van der Waals surface area contributed by atoms with Crippen molar-refractivity contribution in [3.8, 4) is 0 Å². The number of amides is 1. The first-order valence-corrected chi connectivity index (χ1v) is 5.30. The van der Waals surface area contributed by atoms with E-state index >= 15 is 0 Å². The van der Waals surface area contributed by atoms with Crippen LogP contribution in [0, 0.1) is 0 Å². The Bertz CT molecular complexity index is 479. The molecule has 4 heteroatoms. The number of benzene rings is 1. The van der Waals surface area contributed by atoms with Gasteiger partial charge in [0.05, 0.1) is 0 Å². The quantitative estimate of drug-likeness (QED) is 0.723. The smallest absolute Gasteiger partial charge is 0.304 e. The summed E-state index contributed by atoms with van der Waals surface area (Å²) in [6.45, 7) is 1.33. The molecule has 1 aliphatic rings. The van der Waals surface area contributed by atoms with E-state index in [0.717, 1.165) is 5.56 Å². The third-order valence-electron chi connectivity index (χ3n) is 2.63. The summed E-state index contributed by atoms with van der Waals surface area (Å²) in [6.07, 6.45) is 0.880. The van der Waals surface area contributed by atoms with Gasteiger partial charge in [0.1, 0.15) is 0 Å². The molecule has 0 N–H and O–H groups in total. The Balaban J connectivity index is 2.34. The summed E-state index contributed by atoms with van der Waals surface area (Å²) in [5.74, 6) is -0.562. The fourth-order valence-electron chi connectivity index (χ4n) is 1.79. The number of esters is 1. The van der Waals surface area contributed by atoms with Gasteiger partial charge in [-0.25, -0.2) is 0 Å². The highest BCUT2D eigenvalue weighted by Gasteiger charge is 2.32. The number of rotatable bonds is 2. The van der Waals surface area contributed by atoms with Crippen LogP contribution < -0.4 is 0 Å². The zero-order valence-electron chi connectivity index (χ0n) is 9.71. The highest BCUT2D eigenvalue weighted by molar-refractivity contribution is 6.01. The molecule has 88 valence electrons. The van der Waals surface area contributed by atoms with E-state index in [1.165, 1.54) is 17.9 Å². The van der Waals surface area contributed by atoms with Gasteiger partial charge < -0.3 is 9.64 Å². The fraction of sp³-hybridized carbons (Fsp3) is 0.231. The van der Waals surface area contributed by atoms with E-state index in [0.29, 0.717) is 5.57 Å². The standard InChI is InChI=1S/C13H13NO3/c1-9(15)17-13-11(8-12(16)14(13)2)10-6-4-3-5-7-10/h3-8,13H,1-2H3. The molecule has 0 aromatic heterocycles. The Morgan fingerprint density at radius 2 is 1.94 bits per heavy atom. The van der Waals surface area contributed by atoms with E-state index in [9.17, 15) is 9.59 Å². The van der Waals surface area contributed by atoms with E-state index in [4.69, 9.17) is 4.74 Å². The number of carbonyl (C=O) groups excluding carboxylic acids is 2. The molecular formula is C13H13NO3. The molecule has 1 unspecified atom stereocenters. The largest absolute Gasteiger partial charge is 0.437 e. The highest BCUT2D eigenvalue weighted by atomic mass is 16.6. The lowest BCUT2D eigenvalue weighted by atomic mass is 10.1. The van der Waals surface area contributed by atoms with Crippen LogP contribution in [0.3, 0.4) is 0 Å². The minimum Gasteiger partial charge on any atom is -0.437 e. The Morgan fingerprint density at radius 1 is 1.29 bits per heavy atom. The number of carbonyl (C=O) groups is 2. The average Bonchev–Trinajstić information content (AvgIpc) is 2.58. The Hall–Kier alpha value is -2.10. The average molecular weight is 231 g/mol. The summed E-state index contributed by atoms with van der Waals surface area (Å²) in [7, 11) is 1.61. The molecular weight excluding hydrogens is 218 g/mol. The van der Waals surface area contributed by atoms with Crippen LogP contribution in [0.1, 0.15) is 12.5 Å². The van der Waals surface area contributed by atoms with Crippen LogP contribution in [0.25, 0.3) is 5.57 Å². The molecule has 1 aliphatic heterocycles. The van der Waals surface area contributed by atoms with Gasteiger partial charge in [0.25, 0.3) is 0 Å². The Kier molecular flexibility index (Phi) is 2.95. The van der Waals surface area contributed by atoms with E-state index in [1.54, 1.807) is 7.05 Å². The van der Waals surface area contributed by atoms with Crippen molar-refractivity contribution in [2.45, 2.75) is 13.2 Å². The zero-order valence-corrected chi connectivity index (χ0v) is 9.71. The Labute approximate surface area is 99.5 Å². The first-order chi connectivity index (χ1) is 8.09. The van der Waals surface area contributed by atoms with Gasteiger partial charge >= 0.3 is 5.97 Å². The summed E-state index contributed by atoms with van der Waals surface area (Å²) in [6, 6.07) is 9.42. The topological polar surface area (TPSA) is 46.6 Å². The summed E-state index contributed by atoms with van der Waals surface area (Å²) >= 11 is 0. The van der Waals surface area contributed by atoms with Crippen molar-refractivity contribution in [2.75, 3.05) is 7.05 Å². The van der Waals surface area contributed by atoms with Gasteiger partial charge in [-0.15, -0.1) is 0 Å². The maximum atomic E-state index is 11.6. The molecule has 1 aromatic rings. The SMILES string of the molecule is CC(=O)OC1C(c2ccccc2)=CC(=O)N1C. The Morgan fingerprint density at radius 3 is 2.53 bits per heavy atom. The summed E-state index contributed by atoms with van der Waals surface area (Å²) in [5, 5.41) is 0. The molecule has 0 aliphatic carbocycles. The minimum atomic E-state index is -0.623. The fourth-order valence-corrected chi connectivity index (χ4v) is 1.79. The number of hydrogen-bond donors (Lipinski definition) is 0. The van der Waals surface area contributed by atoms with Gasteiger partial charge in [0.2, 0.25) is 12.1 Å². The van der Waals surface area contributed by atoms with Crippen LogP contribution in [0.5, 0.6) is 0 Å². The lowest BCUT2D eigenvalue weighted by Gasteiger charge is -2.22. The first-order valence-electron chi connectivity index (χ1n) is 5.30. The van der Waals surface area contributed by atoms with Crippen molar-refractivity contribution in [3.05, 3.63) is 42.0 Å². The van der Waals surface area contributed by atoms with E-state index < -0.39 is 12.2 Å². The normalized spacial score (nSPS) is 19.2. The van der Waals surface area contributed by atoms with Crippen LogP contribution >= 0.6 is 0 Å². The molecule has 0 spiro atoms. The second-order valence-corrected chi connectivity index (χ2v) is 3.88. The predicted octanol–water partition coefficient (Wildman–Crippen LogP) is 1.43. The molecule has 0 saturated heterocycles. The number of likely N-dealkylation sites (N-methyl/N-ethyl adjacent to an activating group) is 1. The number of hydrogen-bond acceptors (Lipinski definition) is 3. The third-order valence-corrected chi connectivity index (χ3v) is 2.63. The maximum absolute atomic E-state index is 11.6. The summed E-state index contributed by atoms with van der Waals surface area (Å²) in [5.41, 5.74) is 1.60. The van der Waals surface area contributed by atoms with Crippen LogP contribution in [-0.2, 0) is 14.3 Å². The van der Waals surface area contributed by atoms with Crippen LogP contribution in [0.2, 0.25) is 0 Å². The second-order valence-electron chi connectivity index (χ2n) is 3.88. The lowest BCUT2D eigenvalue weighted by molar-refractivity contribution is -0.152. The first kappa shape index (κ1) is 11.4. The van der Waals surface area contributed by atoms with Crippen LogP contribution in [-0.4, -0.2) is 30.1 Å². The lowest BCUT2D eigenvalue weighted by Crippen LogP contribution is -2.34. The molecule has 0 bridgehead atoms. The molecule has 17 heavy (non-hydrogen) atoms. The van der Waals surface area contributed by atoms with Crippen molar-refractivity contribution in [1.82, 2.24) is 4.90 Å². The van der Waals surface area contributed by atoms with Crippen molar-refractivity contribution in [1.29, 1.82) is 0 Å². The molecule has 1 amide bonds. The van der Waals surface area contributed by atoms with Crippen molar-refractivity contribution in [2.24, 2.45) is 0 Å². The zero-order chi connectivity index (χ0) is 12.4. The molecule has 0 radical (unpaired) electrons. The monoisotopic (exact) mass is 231 g/mol. The maximum Gasteiger partial charge on any atom is 0.304 e. The summed E-state index contributed by atoms with van der Waals surface area (Å²) in [4.78, 5) is 24.1. The van der Waals surface area contributed by atoms with Gasteiger partial charge in [-0.05, 0) is 5.56 Å². The van der Waals surface area contributed by atoms with E-state index in [1.807, 2.05) is 30.3 Å². The number of nitrogens with zero attached hydrogens (tertiary/aromatic N) is 1. The molecule has 4 nitrogen and oxygen atoms in total.